The Morgan fingerprint density at radius 3 is 2.70 bits per heavy atom. The number of ether oxygens (including phenoxy) is 2. The maximum Gasteiger partial charge on any atom is 0.240 e. The number of hydrogen-bond donors (Lipinski definition) is 2. The fourth-order valence-corrected chi connectivity index (χ4v) is 3.13. The molecule has 1 heterocycles. The minimum absolute atomic E-state index is 0.176. The van der Waals surface area contributed by atoms with Crippen LogP contribution in [0.5, 0.6) is 0 Å². The molecule has 7 heteroatoms. The van der Waals surface area contributed by atoms with Crippen molar-refractivity contribution in [1.82, 2.24) is 4.72 Å². The topological polar surface area (TPSA) is 90.7 Å². The van der Waals surface area contributed by atoms with Crippen molar-refractivity contribution >= 4 is 15.7 Å². The molecule has 0 bridgehead atoms. The van der Waals surface area contributed by atoms with E-state index in [9.17, 15) is 8.42 Å². The summed E-state index contributed by atoms with van der Waals surface area (Å²) in [6.07, 6.45) is -0.248. The number of sulfonamides is 1. The van der Waals surface area contributed by atoms with Gasteiger partial charge in [-0.25, -0.2) is 13.1 Å². The second-order valence-electron chi connectivity index (χ2n) is 4.87. The number of nitrogen functional groups attached to an aromatic ring is 1. The Morgan fingerprint density at radius 2 is 2.10 bits per heavy atom. The van der Waals surface area contributed by atoms with Gasteiger partial charge in [-0.3, -0.25) is 0 Å². The first-order chi connectivity index (χ1) is 9.40. The predicted molar refractivity (Wildman–Crippen MR) is 76.1 cm³/mol. The summed E-state index contributed by atoms with van der Waals surface area (Å²) in [6.45, 7) is 5.33. The zero-order chi connectivity index (χ0) is 14.8. The Bertz CT molecular complexity index is 557. The van der Waals surface area contributed by atoms with E-state index in [4.69, 9.17) is 15.2 Å². The second-order valence-corrected chi connectivity index (χ2v) is 6.64. The van der Waals surface area contributed by atoms with Gasteiger partial charge in [0.05, 0.1) is 30.8 Å². The van der Waals surface area contributed by atoms with E-state index >= 15 is 0 Å². The molecule has 0 aromatic heterocycles. The lowest BCUT2D eigenvalue weighted by Crippen LogP contribution is -2.39. The van der Waals surface area contributed by atoms with Gasteiger partial charge in [0.1, 0.15) is 0 Å². The van der Waals surface area contributed by atoms with Crippen LogP contribution in [0.4, 0.5) is 5.69 Å². The van der Waals surface area contributed by atoms with Crippen LogP contribution in [0.3, 0.4) is 0 Å². The maximum atomic E-state index is 12.2. The van der Waals surface area contributed by atoms with Crippen molar-refractivity contribution in [2.24, 2.45) is 0 Å². The molecule has 0 aliphatic carbocycles. The summed E-state index contributed by atoms with van der Waals surface area (Å²) >= 11 is 0. The Hall–Kier alpha value is -1.15. The number of benzene rings is 1. The molecule has 0 spiro atoms. The average Bonchev–Trinajstić information content (AvgIpc) is 2.43. The normalized spacial score (nSPS) is 20.0. The first kappa shape index (κ1) is 15.2. The Kier molecular flexibility index (Phi) is 4.64. The largest absolute Gasteiger partial charge is 0.398 e. The average molecular weight is 300 g/mol. The van der Waals surface area contributed by atoms with Gasteiger partial charge in [0.2, 0.25) is 10.0 Å². The van der Waals surface area contributed by atoms with E-state index in [-0.39, 0.29) is 17.5 Å². The van der Waals surface area contributed by atoms with Crippen LogP contribution in [-0.4, -0.2) is 40.9 Å². The Morgan fingerprint density at radius 1 is 1.35 bits per heavy atom. The lowest BCUT2D eigenvalue weighted by molar-refractivity contribution is -0.0846. The quantitative estimate of drug-likeness (QED) is 0.794. The third-order valence-electron chi connectivity index (χ3n) is 3.38. The third-order valence-corrected chi connectivity index (χ3v) is 4.78. The molecular formula is C13H20N2O4S. The molecule has 1 saturated heterocycles. The molecule has 1 aromatic carbocycles. The van der Waals surface area contributed by atoms with Gasteiger partial charge < -0.3 is 15.2 Å². The zero-order valence-electron chi connectivity index (χ0n) is 11.7. The highest BCUT2D eigenvalue weighted by Gasteiger charge is 2.20. The van der Waals surface area contributed by atoms with E-state index in [2.05, 4.69) is 4.72 Å². The highest BCUT2D eigenvalue weighted by atomic mass is 32.2. The first-order valence-corrected chi connectivity index (χ1v) is 7.94. The van der Waals surface area contributed by atoms with Gasteiger partial charge in [0.15, 0.2) is 0 Å². The van der Waals surface area contributed by atoms with E-state index in [0.29, 0.717) is 25.5 Å². The molecule has 0 saturated carbocycles. The van der Waals surface area contributed by atoms with Gasteiger partial charge in [-0.05, 0) is 37.1 Å². The molecule has 1 unspecified atom stereocenters. The summed E-state index contributed by atoms with van der Waals surface area (Å²) in [4.78, 5) is 0.176. The maximum absolute atomic E-state index is 12.2. The summed E-state index contributed by atoms with van der Waals surface area (Å²) in [7, 11) is -3.59. The van der Waals surface area contributed by atoms with E-state index in [0.717, 1.165) is 11.1 Å². The molecule has 1 aliphatic heterocycles. The minimum Gasteiger partial charge on any atom is -0.398 e. The number of nitrogens with two attached hydrogens (primary N) is 1. The van der Waals surface area contributed by atoms with Gasteiger partial charge in [-0.15, -0.1) is 0 Å². The minimum atomic E-state index is -3.59. The van der Waals surface area contributed by atoms with Crippen LogP contribution < -0.4 is 10.5 Å². The molecule has 0 amide bonds. The SMILES string of the molecule is Cc1cc(S(=O)(=O)NCC2COCCO2)cc(N)c1C. The van der Waals surface area contributed by atoms with Gasteiger partial charge >= 0.3 is 0 Å². The number of nitrogens with one attached hydrogen (secondary N) is 1. The molecule has 1 fully saturated rings. The molecule has 112 valence electrons. The van der Waals surface area contributed by atoms with Crippen LogP contribution in [0, 0.1) is 13.8 Å². The van der Waals surface area contributed by atoms with Gasteiger partial charge in [0.25, 0.3) is 0 Å². The fraction of sp³-hybridized carbons (Fsp3) is 0.538. The molecule has 6 nitrogen and oxygen atoms in total. The van der Waals surface area contributed by atoms with Crippen LogP contribution >= 0.6 is 0 Å². The highest BCUT2D eigenvalue weighted by Crippen LogP contribution is 2.21. The molecule has 1 aromatic rings. The van der Waals surface area contributed by atoms with Crippen molar-refractivity contribution in [2.75, 3.05) is 32.1 Å². The molecule has 20 heavy (non-hydrogen) atoms. The Labute approximate surface area is 119 Å². The summed E-state index contributed by atoms with van der Waals surface area (Å²) in [5.74, 6) is 0. The van der Waals surface area contributed by atoms with E-state index in [1.807, 2.05) is 13.8 Å². The molecule has 1 aliphatic rings. The van der Waals surface area contributed by atoms with Crippen molar-refractivity contribution in [2.45, 2.75) is 24.8 Å². The molecule has 3 N–H and O–H groups in total. The van der Waals surface area contributed by atoms with Crippen molar-refractivity contribution in [3.8, 4) is 0 Å². The fourth-order valence-electron chi connectivity index (χ4n) is 1.95. The summed E-state index contributed by atoms with van der Waals surface area (Å²) in [5, 5.41) is 0. The second kappa shape index (κ2) is 6.09. The standard InChI is InChI=1S/C13H20N2O4S/c1-9-5-12(6-13(14)10(9)2)20(16,17)15-7-11-8-18-3-4-19-11/h5-6,11,15H,3-4,7-8,14H2,1-2H3. The number of anilines is 1. The number of aryl methyl sites for hydroxylation is 1. The van der Waals surface area contributed by atoms with Crippen molar-refractivity contribution < 1.29 is 17.9 Å². The van der Waals surface area contributed by atoms with Crippen LogP contribution in [-0.2, 0) is 19.5 Å². The van der Waals surface area contributed by atoms with E-state index in [1.54, 1.807) is 6.07 Å². The molecule has 2 rings (SSSR count). The monoisotopic (exact) mass is 300 g/mol. The van der Waals surface area contributed by atoms with Crippen LogP contribution in [0.2, 0.25) is 0 Å². The predicted octanol–water partition coefficient (Wildman–Crippen LogP) is 0.579. The van der Waals surface area contributed by atoms with Crippen molar-refractivity contribution in [3.05, 3.63) is 23.3 Å². The lowest BCUT2D eigenvalue weighted by Gasteiger charge is -2.23. The lowest BCUT2D eigenvalue weighted by atomic mass is 10.1. The van der Waals surface area contributed by atoms with Gasteiger partial charge in [0, 0.05) is 12.2 Å². The molecular weight excluding hydrogens is 280 g/mol. The number of rotatable bonds is 4. The van der Waals surface area contributed by atoms with Crippen LogP contribution in [0.25, 0.3) is 0 Å². The summed E-state index contributed by atoms with van der Waals surface area (Å²) in [5.41, 5.74) is 8.04. The summed E-state index contributed by atoms with van der Waals surface area (Å²) < 4.78 is 37.6. The number of hydrogen-bond acceptors (Lipinski definition) is 5. The van der Waals surface area contributed by atoms with Crippen LogP contribution in [0.15, 0.2) is 17.0 Å². The molecule has 1 atom stereocenters. The van der Waals surface area contributed by atoms with E-state index in [1.165, 1.54) is 6.07 Å². The van der Waals surface area contributed by atoms with Crippen LogP contribution in [0.1, 0.15) is 11.1 Å². The zero-order valence-corrected chi connectivity index (χ0v) is 12.5. The van der Waals surface area contributed by atoms with Gasteiger partial charge in [-0.2, -0.15) is 0 Å². The van der Waals surface area contributed by atoms with Gasteiger partial charge in [-0.1, -0.05) is 0 Å². The van der Waals surface area contributed by atoms with Crippen molar-refractivity contribution in [3.63, 3.8) is 0 Å². The van der Waals surface area contributed by atoms with E-state index < -0.39 is 10.0 Å². The Balaban J connectivity index is 2.10. The molecule has 0 radical (unpaired) electrons. The first-order valence-electron chi connectivity index (χ1n) is 6.46. The third kappa shape index (κ3) is 3.49. The van der Waals surface area contributed by atoms with Crippen molar-refractivity contribution in [1.29, 1.82) is 0 Å². The highest BCUT2D eigenvalue weighted by molar-refractivity contribution is 7.89. The summed E-state index contributed by atoms with van der Waals surface area (Å²) in [6, 6.07) is 3.09. The smallest absolute Gasteiger partial charge is 0.240 e.